The Kier molecular flexibility index (Phi) is 5.15. The Morgan fingerprint density at radius 1 is 1.36 bits per heavy atom. The highest BCUT2D eigenvalue weighted by molar-refractivity contribution is 9.10. The van der Waals surface area contributed by atoms with Crippen molar-refractivity contribution in [3.8, 4) is 11.5 Å². The van der Waals surface area contributed by atoms with Gasteiger partial charge in [-0.1, -0.05) is 22.0 Å². The van der Waals surface area contributed by atoms with E-state index in [0.29, 0.717) is 17.1 Å². The first-order valence-corrected chi connectivity index (χ1v) is 8.78. The summed E-state index contributed by atoms with van der Waals surface area (Å²) in [4.78, 5) is 26.1. The largest absolute Gasteiger partial charge is 0.368 e. The minimum atomic E-state index is 0.507. The fourth-order valence-corrected chi connectivity index (χ4v) is 2.99. The molecule has 0 fully saturated rings. The second kappa shape index (κ2) is 7.33. The third-order valence-corrected chi connectivity index (χ3v) is 4.46. The molecule has 0 unspecified atom stereocenters. The number of hydrogen-bond donors (Lipinski definition) is 2. The van der Waals surface area contributed by atoms with Crippen LogP contribution in [0.4, 0.5) is 5.82 Å². The minimum Gasteiger partial charge on any atom is -0.368 e. The van der Waals surface area contributed by atoms with Crippen LogP contribution in [0.2, 0.25) is 0 Å². The number of nitrogens with one attached hydrogen (secondary N) is 2. The fraction of sp³-hybridized carbons (Fsp3) is 0.278. The van der Waals surface area contributed by atoms with Crippen molar-refractivity contribution < 1.29 is 4.79 Å². The molecule has 3 aromatic rings. The molecule has 7 heteroatoms. The van der Waals surface area contributed by atoms with Crippen LogP contribution >= 0.6 is 15.9 Å². The standard InChI is InChI=1S/C18H20BrN5O/c1-11-9-21-18(23-17(11)20-6-7-24(2)3)16-14(10-25)13-5-4-12(19)8-15(13)22-16/h4-5,8-10,22H,6-7H2,1-3H3,(H,20,21,23). The predicted molar refractivity (Wildman–Crippen MR) is 104 cm³/mol. The highest BCUT2D eigenvalue weighted by Gasteiger charge is 2.16. The summed E-state index contributed by atoms with van der Waals surface area (Å²) in [5.41, 5.74) is 3.05. The summed E-state index contributed by atoms with van der Waals surface area (Å²) in [5, 5.41) is 4.19. The van der Waals surface area contributed by atoms with Crippen LogP contribution in [0.3, 0.4) is 0 Å². The fourth-order valence-electron chi connectivity index (χ4n) is 2.63. The zero-order chi connectivity index (χ0) is 18.0. The lowest BCUT2D eigenvalue weighted by Crippen LogP contribution is -2.21. The van der Waals surface area contributed by atoms with Gasteiger partial charge in [-0.15, -0.1) is 0 Å². The summed E-state index contributed by atoms with van der Waals surface area (Å²) in [6, 6.07) is 5.76. The third kappa shape index (κ3) is 3.72. The minimum absolute atomic E-state index is 0.507. The van der Waals surface area contributed by atoms with Gasteiger partial charge in [0.15, 0.2) is 12.1 Å². The first kappa shape index (κ1) is 17.6. The van der Waals surface area contributed by atoms with Crippen molar-refractivity contribution in [2.24, 2.45) is 0 Å². The summed E-state index contributed by atoms with van der Waals surface area (Å²) < 4.78 is 0.945. The monoisotopic (exact) mass is 401 g/mol. The number of rotatable bonds is 6. The molecule has 3 rings (SSSR count). The molecule has 0 aliphatic rings. The molecule has 6 nitrogen and oxygen atoms in total. The Bertz CT molecular complexity index is 919. The molecule has 2 heterocycles. The topological polar surface area (TPSA) is 73.9 Å². The molecular weight excluding hydrogens is 382 g/mol. The Labute approximate surface area is 154 Å². The Balaban J connectivity index is 2.01. The smallest absolute Gasteiger partial charge is 0.178 e. The molecule has 25 heavy (non-hydrogen) atoms. The van der Waals surface area contributed by atoms with Crippen LogP contribution in [0.5, 0.6) is 0 Å². The Morgan fingerprint density at radius 2 is 2.16 bits per heavy atom. The van der Waals surface area contributed by atoms with Gasteiger partial charge in [-0.3, -0.25) is 4.79 Å². The number of H-pyrrole nitrogens is 1. The van der Waals surface area contributed by atoms with Crippen LogP contribution < -0.4 is 5.32 Å². The number of benzene rings is 1. The van der Waals surface area contributed by atoms with Crippen LogP contribution in [0.25, 0.3) is 22.4 Å². The van der Waals surface area contributed by atoms with E-state index in [1.807, 2.05) is 39.2 Å². The van der Waals surface area contributed by atoms with Gasteiger partial charge < -0.3 is 15.2 Å². The lowest BCUT2D eigenvalue weighted by molar-refractivity contribution is 0.112. The number of fused-ring (bicyclic) bond motifs is 1. The number of likely N-dealkylation sites (N-methyl/N-ethyl adjacent to an activating group) is 1. The zero-order valence-electron chi connectivity index (χ0n) is 14.4. The van der Waals surface area contributed by atoms with Gasteiger partial charge >= 0.3 is 0 Å². The first-order valence-electron chi connectivity index (χ1n) is 7.98. The number of carbonyl (C=O) groups excluding carboxylic acids is 1. The maximum atomic E-state index is 11.7. The van der Waals surface area contributed by atoms with Crippen molar-refractivity contribution in [2.75, 3.05) is 32.5 Å². The second-order valence-corrected chi connectivity index (χ2v) is 7.09. The predicted octanol–water partition coefficient (Wildman–Crippen LogP) is 3.48. The van der Waals surface area contributed by atoms with Gasteiger partial charge in [0.2, 0.25) is 0 Å². The van der Waals surface area contributed by atoms with Gasteiger partial charge in [0.1, 0.15) is 5.82 Å². The van der Waals surface area contributed by atoms with E-state index >= 15 is 0 Å². The number of nitrogens with zero attached hydrogens (tertiary/aromatic N) is 3. The van der Waals surface area contributed by atoms with Gasteiger partial charge in [-0.25, -0.2) is 9.97 Å². The summed E-state index contributed by atoms with van der Waals surface area (Å²) in [6.45, 7) is 3.65. The first-order chi connectivity index (χ1) is 12.0. The van der Waals surface area contributed by atoms with E-state index < -0.39 is 0 Å². The van der Waals surface area contributed by atoms with Gasteiger partial charge in [0.05, 0.1) is 11.3 Å². The molecule has 0 saturated heterocycles. The van der Waals surface area contributed by atoms with Gasteiger partial charge in [0.25, 0.3) is 0 Å². The molecule has 0 bridgehead atoms. The number of aldehydes is 1. The van der Waals surface area contributed by atoms with Crippen molar-refractivity contribution >= 4 is 38.9 Å². The van der Waals surface area contributed by atoms with Crippen LogP contribution in [0.1, 0.15) is 15.9 Å². The van der Waals surface area contributed by atoms with Gasteiger partial charge in [-0.2, -0.15) is 0 Å². The molecule has 0 amide bonds. The van der Waals surface area contributed by atoms with E-state index in [2.05, 4.69) is 41.1 Å². The molecule has 0 spiro atoms. The van der Waals surface area contributed by atoms with Crippen molar-refractivity contribution in [3.63, 3.8) is 0 Å². The number of anilines is 1. The van der Waals surface area contributed by atoms with E-state index in [1.54, 1.807) is 6.20 Å². The second-order valence-electron chi connectivity index (χ2n) is 6.18. The maximum absolute atomic E-state index is 11.7. The highest BCUT2D eigenvalue weighted by atomic mass is 79.9. The lowest BCUT2D eigenvalue weighted by Gasteiger charge is -2.12. The number of hydrogen-bond acceptors (Lipinski definition) is 5. The summed E-state index contributed by atoms with van der Waals surface area (Å²) >= 11 is 3.45. The number of halogens is 1. The Hall–Kier alpha value is -2.25. The Morgan fingerprint density at radius 3 is 2.88 bits per heavy atom. The van der Waals surface area contributed by atoms with Crippen molar-refractivity contribution in [1.82, 2.24) is 19.9 Å². The quantitative estimate of drug-likeness (QED) is 0.618. The summed E-state index contributed by atoms with van der Waals surface area (Å²) in [5.74, 6) is 1.29. The molecule has 130 valence electrons. The van der Waals surface area contributed by atoms with E-state index in [0.717, 1.165) is 46.1 Å². The maximum Gasteiger partial charge on any atom is 0.178 e. The molecule has 2 N–H and O–H groups in total. The van der Waals surface area contributed by atoms with E-state index in [1.165, 1.54) is 0 Å². The summed E-state index contributed by atoms with van der Waals surface area (Å²) in [6.07, 6.45) is 2.63. The van der Waals surface area contributed by atoms with Crippen LogP contribution in [-0.2, 0) is 0 Å². The third-order valence-electron chi connectivity index (χ3n) is 3.97. The molecule has 0 atom stereocenters. The van der Waals surface area contributed by atoms with E-state index in [-0.39, 0.29) is 0 Å². The average molecular weight is 402 g/mol. The lowest BCUT2D eigenvalue weighted by atomic mass is 10.1. The molecule has 0 aliphatic carbocycles. The zero-order valence-corrected chi connectivity index (χ0v) is 16.0. The summed E-state index contributed by atoms with van der Waals surface area (Å²) in [7, 11) is 4.05. The van der Waals surface area contributed by atoms with Crippen molar-refractivity contribution in [3.05, 3.63) is 40.0 Å². The number of aromatic amines is 1. The van der Waals surface area contributed by atoms with Crippen molar-refractivity contribution in [1.29, 1.82) is 0 Å². The van der Waals surface area contributed by atoms with Crippen LogP contribution in [-0.4, -0.2) is 53.3 Å². The molecular formula is C18H20BrN5O. The van der Waals surface area contributed by atoms with Crippen LogP contribution in [0, 0.1) is 6.92 Å². The highest BCUT2D eigenvalue weighted by Crippen LogP contribution is 2.29. The molecule has 0 radical (unpaired) electrons. The SMILES string of the molecule is Cc1cnc(-c2[nH]c3cc(Br)ccc3c2C=O)nc1NCCN(C)C. The molecule has 2 aromatic heterocycles. The molecule has 1 aromatic carbocycles. The molecule has 0 aliphatic heterocycles. The normalized spacial score (nSPS) is 11.2. The van der Waals surface area contributed by atoms with E-state index in [4.69, 9.17) is 0 Å². The van der Waals surface area contributed by atoms with Gasteiger partial charge in [0, 0.05) is 40.2 Å². The van der Waals surface area contributed by atoms with Gasteiger partial charge in [-0.05, 0) is 33.2 Å². The van der Waals surface area contributed by atoms with Crippen LogP contribution in [0.15, 0.2) is 28.9 Å². The molecule has 0 saturated carbocycles. The number of carbonyl (C=O) groups is 1. The average Bonchev–Trinajstić information content (AvgIpc) is 2.93. The number of aromatic nitrogens is 3. The number of aryl methyl sites for hydroxylation is 1. The van der Waals surface area contributed by atoms with E-state index in [9.17, 15) is 4.79 Å². The van der Waals surface area contributed by atoms with Crippen molar-refractivity contribution in [2.45, 2.75) is 6.92 Å².